The Balaban J connectivity index is 0.000000209. The molecule has 18 heavy (non-hydrogen) atoms. The molecular weight excluding hydrogens is 220 g/mol. The molecule has 0 aliphatic heterocycles. The van der Waals surface area contributed by atoms with Crippen LogP contribution in [-0.4, -0.2) is 0 Å². The summed E-state index contributed by atoms with van der Waals surface area (Å²) in [5.74, 6) is 0. The maximum Gasteiger partial charge on any atom is 0.135 e. The maximum atomic E-state index is 5.65. The van der Waals surface area contributed by atoms with Gasteiger partial charge in [0.05, 0.1) is 0 Å². The average molecular weight is 240 g/mol. The lowest BCUT2D eigenvalue weighted by molar-refractivity contribution is 0.469. The van der Waals surface area contributed by atoms with Gasteiger partial charge in [-0.3, -0.25) is 0 Å². The highest BCUT2D eigenvalue weighted by Gasteiger charge is 2.03. The Hall–Kier alpha value is -1.76. The van der Waals surface area contributed by atoms with Crippen molar-refractivity contribution in [1.82, 2.24) is 0 Å². The van der Waals surface area contributed by atoms with E-state index in [0.29, 0.717) is 5.41 Å². The predicted molar refractivity (Wildman–Crippen MR) is 78.8 cm³/mol. The standard InChI is InChI=1S/C12H8O.C5H12/c1-3-7-11-9(5-1)10-6-2-4-8-12(10)13-11;1-5(2,3)4/h1-8H;1-4H3. The Morgan fingerprint density at radius 1 is 0.667 bits per heavy atom. The molecule has 0 aliphatic carbocycles. The fourth-order valence-corrected chi connectivity index (χ4v) is 1.67. The quantitative estimate of drug-likeness (QED) is 0.495. The van der Waals surface area contributed by atoms with Gasteiger partial charge in [0.1, 0.15) is 11.2 Å². The molecule has 0 saturated heterocycles. The van der Waals surface area contributed by atoms with Crippen LogP contribution in [0.4, 0.5) is 0 Å². The normalized spacial score (nSPS) is 11.3. The number of rotatable bonds is 0. The summed E-state index contributed by atoms with van der Waals surface area (Å²) in [7, 11) is 0. The first kappa shape index (κ1) is 12.7. The zero-order valence-corrected chi connectivity index (χ0v) is 11.5. The van der Waals surface area contributed by atoms with Crippen LogP contribution in [0.5, 0.6) is 0 Å². The fourth-order valence-electron chi connectivity index (χ4n) is 1.67. The second-order valence-corrected chi connectivity index (χ2v) is 6.09. The summed E-state index contributed by atoms with van der Waals surface area (Å²) in [6.45, 7) is 8.75. The molecule has 0 aliphatic rings. The first-order valence-corrected chi connectivity index (χ1v) is 6.31. The average Bonchev–Trinajstić information content (AvgIpc) is 2.65. The number of fused-ring (bicyclic) bond motifs is 3. The molecular formula is C17H20O. The number of hydrogen-bond donors (Lipinski definition) is 0. The maximum absolute atomic E-state index is 5.65. The second-order valence-electron chi connectivity index (χ2n) is 6.09. The monoisotopic (exact) mass is 240 g/mol. The SMILES string of the molecule is CC(C)(C)C.c1ccc2c(c1)oc1ccccc12. The van der Waals surface area contributed by atoms with Gasteiger partial charge in [0.2, 0.25) is 0 Å². The summed E-state index contributed by atoms with van der Waals surface area (Å²) in [4.78, 5) is 0. The van der Waals surface area contributed by atoms with Crippen LogP contribution < -0.4 is 0 Å². The number of benzene rings is 2. The van der Waals surface area contributed by atoms with E-state index in [9.17, 15) is 0 Å². The molecule has 0 saturated carbocycles. The van der Waals surface area contributed by atoms with Crippen molar-refractivity contribution in [1.29, 1.82) is 0 Å². The highest BCUT2D eigenvalue weighted by molar-refractivity contribution is 6.04. The molecule has 0 amide bonds. The summed E-state index contributed by atoms with van der Waals surface area (Å²) in [6.07, 6.45) is 0. The molecule has 0 spiro atoms. The molecule has 1 heteroatoms. The van der Waals surface area contributed by atoms with Crippen molar-refractivity contribution in [2.24, 2.45) is 5.41 Å². The van der Waals surface area contributed by atoms with Crippen molar-refractivity contribution < 1.29 is 4.42 Å². The van der Waals surface area contributed by atoms with E-state index in [0.717, 1.165) is 11.2 Å². The van der Waals surface area contributed by atoms with Crippen molar-refractivity contribution in [3.63, 3.8) is 0 Å². The van der Waals surface area contributed by atoms with Crippen molar-refractivity contribution in [3.8, 4) is 0 Å². The molecule has 1 aromatic heterocycles. The van der Waals surface area contributed by atoms with Crippen LogP contribution in [0.25, 0.3) is 21.9 Å². The zero-order valence-electron chi connectivity index (χ0n) is 11.5. The van der Waals surface area contributed by atoms with E-state index in [1.165, 1.54) is 10.8 Å². The van der Waals surface area contributed by atoms with Gasteiger partial charge in [0.15, 0.2) is 0 Å². The van der Waals surface area contributed by atoms with E-state index in [4.69, 9.17) is 4.42 Å². The number of hydrogen-bond acceptors (Lipinski definition) is 1. The lowest BCUT2D eigenvalue weighted by Crippen LogP contribution is -1.93. The summed E-state index contributed by atoms with van der Waals surface area (Å²) < 4.78 is 5.65. The molecule has 0 unspecified atom stereocenters. The van der Waals surface area contributed by atoms with Crippen molar-refractivity contribution in [2.45, 2.75) is 27.7 Å². The third kappa shape index (κ3) is 3.13. The summed E-state index contributed by atoms with van der Waals surface area (Å²) in [5.41, 5.74) is 2.42. The molecule has 0 N–H and O–H groups in total. The molecule has 0 radical (unpaired) electrons. The zero-order chi connectivity index (χ0) is 13.2. The summed E-state index contributed by atoms with van der Waals surface area (Å²) >= 11 is 0. The van der Waals surface area contributed by atoms with E-state index < -0.39 is 0 Å². The van der Waals surface area contributed by atoms with E-state index in [-0.39, 0.29) is 0 Å². The third-order valence-electron chi connectivity index (χ3n) is 2.28. The van der Waals surface area contributed by atoms with Crippen LogP contribution in [0.2, 0.25) is 0 Å². The van der Waals surface area contributed by atoms with Gasteiger partial charge in [-0.25, -0.2) is 0 Å². The van der Waals surface area contributed by atoms with Crippen LogP contribution in [0.1, 0.15) is 27.7 Å². The Kier molecular flexibility index (Phi) is 3.42. The van der Waals surface area contributed by atoms with Gasteiger partial charge in [0, 0.05) is 10.8 Å². The van der Waals surface area contributed by atoms with Gasteiger partial charge in [-0.1, -0.05) is 64.1 Å². The molecule has 0 atom stereocenters. The predicted octanol–water partition coefficient (Wildman–Crippen LogP) is 5.64. The third-order valence-corrected chi connectivity index (χ3v) is 2.28. The molecule has 1 nitrogen and oxygen atoms in total. The van der Waals surface area contributed by atoms with Gasteiger partial charge in [-0.2, -0.15) is 0 Å². The van der Waals surface area contributed by atoms with Crippen LogP contribution in [0.15, 0.2) is 52.9 Å². The first-order chi connectivity index (χ1) is 8.45. The molecule has 94 valence electrons. The highest BCUT2D eigenvalue weighted by Crippen LogP contribution is 2.27. The number of furan rings is 1. The molecule has 0 fully saturated rings. The van der Waals surface area contributed by atoms with Crippen LogP contribution in [0, 0.1) is 5.41 Å². The largest absolute Gasteiger partial charge is 0.456 e. The van der Waals surface area contributed by atoms with Crippen molar-refractivity contribution in [2.75, 3.05) is 0 Å². The minimum absolute atomic E-state index is 0.500. The van der Waals surface area contributed by atoms with Gasteiger partial charge in [0.25, 0.3) is 0 Å². The highest BCUT2D eigenvalue weighted by atomic mass is 16.3. The lowest BCUT2D eigenvalue weighted by atomic mass is 10.0. The first-order valence-electron chi connectivity index (χ1n) is 6.31. The fraction of sp³-hybridized carbons (Fsp3) is 0.294. The van der Waals surface area contributed by atoms with Crippen LogP contribution >= 0.6 is 0 Å². The van der Waals surface area contributed by atoms with Crippen molar-refractivity contribution >= 4 is 21.9 Å². The van der Waals surface area contributed by atoms with E-state index >= 15 is 0 Å². The summed E-state index contributed by atoms with van der Waals surface area (Å²) in [6, 6.07) is 16.2. The van der Waals surface area contributed by atoms with Crippen LogP contribution in [0.3, 0.4) is 0 Å². The van der Waals surface area contributed by atoms with E-state index in [1.807, 2.05) is 36.4 Å². The van der Waals surface area contributed by atoms with Crippen molar-refractivity contribution in [3.05, 3.63) is 48.5 Å². The van der Waals surface area contributed by atoms with Gasteiger partial charge < -0.3 is 4.42 Å². The lowest BCUT2D eigenvalue weighted by Gasteiger charge is -2.05. The van der Waals surface area contributed by atoms with Gasteiger partial charge in [-0.15, -0.1) is 0 Å². The molecule has 2 aromatic carbocycles. The Bertz CT molecular complexity index is 585. The topological polar surface area (TPSA) is 13.1 Å². The van der Waals surface area contributed by atoms with E-state index in [2.05, 4.69) is 39.8 Å². The minimum Gasteiger partial charge on any atom is -0.456 e. The second kappa shape index (κ2) is 4.85. The summed E-state index contributed by atoms with van der Waals surface area (Å²) in [5, 5.41) is 2.39. The molecule has 3 rings (SSSR count). The van der Waals surface area contributed by atoms with Crippen LogP contribution in [-0.2, 0) is 0 Å². The Labute approximate surface area is 108 Å². The molecule has 0 bridgehead atoms. The minimum atomic E-state index is 0.500. The van der Waals surface area contributed by atoms with Gasteiger partial charge in [-0.05, 0) is 17.5 Å². The molecule has 3 aromatic rings. The van der Waals surface area contributed by atoms with E-state index in [1.54, 1.807) is 0 Å². The Morgan fingerprint density at radius 3 is 1.39 bits per heavy atom. The Morgan fingerprint density at radius 2 is 1.00 bits per heavy atom. The smallest absolute Gasteiger partial charge is 0.135 e. The molecule has 1 heterocycles. The van der Waals surface area contributed by atoms with Gasteiger partial charge >= 0.3 is 0 Å². The number of para-hydroxylation sites is 2.